The first kappa shape index (κ1) is 14.9. The van der Waals surface area contributed by atoms with Crippen LogP contribution in [0.5, 0.6) is 0 Å². The number of rotatable bonds is 3. The summed E-state index contributed by atoms with van der Waals surface area (Å²) in [4.78, 5) is 13.9. The monoisotopic (exact) mass is 284 g/mol. The molecular weight excluding hydrogens is 266 g/mol. The van der Waals surface area contributed by atoms with Gasteiger partial charge < -0.3 is 15.4 Å². The van der Waals surface area contributed by atoms with Gasteiger partial charge in [-0.3, -0.25) is 4.79 Å². The fourth-order valence-electron chi connectivity index (χ4n) is 2.23. The van der Waals surface area contributed by atoms with Gasteiger partial charge in [0.25, 0.3) is 0 Å². The van der Waals surface area contributed by atoms with E-state index in [2.05, 4.69) is 0 Å². The number of ether oxygens (including phenoxy) is 1. The summed E-state index contributed by atoms with van der Waals surface area (Å²) in [6.45, 7) is 3.10. The van der Waals surface area contributed by atoms with Crippen LogP contribution in [0.1, 0.15) is 12.5 Å². The predicted molar refractivity (Wildman–Crippen MR) is 70.0 cm³/mol. The lowest BCUT2D eigenvalue weighted by Gasteiger charge is -2.37. The van der Waals surface area contributed by atoms with E-state index in [1.165, 1.54) is 6.07 Å². The topological polar surface area (TPSA) is 55.6 Å². The Kier molecular flexibility index (Phi) is 4.67. The molecule has 1 heterocycles. The van der Waals surface area contributed by atoms with Crippen LogP contribution in [0.4, 0.5) is 8.78 Å². The van der Waals surface area contributed by atoms with Crippen molar-refractivity contribution in [2.45, 2.75) is 25.5 Å². The van der Waals surface area contributed by atoms with Crippen LogP contribution in [0, 0.1) is 11.6 Å². The fourth-order valence-corrected chi connectivity index (χ4v) is 2.23. The van der Waals surface area contributed by atoms with Crippen molar-refractivity contribution in [1.82, 2.24) is 4.90 Å². The van der Waals surface area contributed by atoms with Crippen molar-refractivity contribution < 1.29 is 18.3 Å². The van der Waals surface area contributed by atoms with Gasteiger partial charge in [-0.05, 0) is 24.6 Å². The number of hydrogen-bond donors (Lipinski definition) is 1. The molecule has 0 aromatic heterocycles. The SMILES string of the molecule is CC1COC(CN)CN1C(=O)Cc1ccc(F)c(F)c1. The lowest BCUT2D eigenvalue weighted by molar-refractivity contribution is -0.142. The van der Waals surface area contributed by atoms with Crippen molar-refractivity contribution in [3.05, 3.63) is 35.4 Å². The maximum atomic E-state index is 13.1. The van der Waals surface area contributed by atoms with Gasteiger partial charge >= 0.3 is 0 Å². The second-order valence-corrected chi connectivity index (χ2v) is 5.01. The first-order valence-electron chi connectivity index (χ1n) is 6.56. The normalized spacial score (nSPS) is 22.9. The maximum absolute atomic E-state index is 13.1. The molecule has 0 bridgehead atoms. The first-order valence-corrected chi connectivity index (χ1v) is 6.56. The molecule has 1 aromatic carbocycles. The Labute approximate surface area is 116 Å². The van der Waals surface area contributed by atoms with Crippen LogP contribution in [0.2, 0.25) is 0 Å². The maximum Gasteiger partial charge on any atom is 0.227 e. The molecule has 0 aliphatic carbocycles. The lowest BCUT2D eigenvalue weighted by Crippen LogP contribution is -2.53. The molecule has 1 saturated heterocycles. The zero-order chi connectivity index (χ0) is 14.7. The number of nitrogens with zero attached hydrogens (tertiary/aromatic N) is 1. The van der Waals surface area contributed by atoms with Gasteiger partial charge in [-0.1, -0.05) is 6.07 Å². The van der Waals surface area contributed by atoms with E-state index in [-0.39, 0.29) is 24.5 Å². The second kappa shape index (κ2) is 6.28. The molecular formula is C14H18F2N2O2. The van der Waals surface area contributed by atoms with Crippen molar-refractivity contribution in [2.24, 2.45) is 5.73 Å². The van der Waals surface area contributed by atoms with Crippen LogP contribution in [-0.4, -0.2) is 42.6 Å². The third kappa shape index (κ3) is 3.32. The summed E-state index contributed by atoms with van der Waals surface area (Å²) >= 11 is 0. The summed E-state index contributed by atoms with van der Waals surface area (Å²) in [7, 11) is 0. The van der Waals surface area contributed by atoms with E-state index in [0.717, 1.165) is 12.1 Å². The molecule has 2 unspecified atom stereocenters. The van der Waals surface area contributed by atoms with E-state index in [1.807, 2.05) is 6.92 Å². The van der Waals surface area contributed by atoms with Gasteiger partial charge in [-0.25, -0.2) is 8.78 Å². The lowest BCUT2D eigenvalue weighted by atomic mass is 10.1. The van der Waals surface area contributed by atoms with Crippen molar-refractivity contribution >= 4 is 5.91 Å². The van der Waals surface area contributed by atoms with Gasteiger partial charge in [0, 0.05) is 13.1 Å². The van der Waals surface area contributed by atoms with Crippen molar-refractivity contribution in [3.8, 4) is 0 Å². The Morgan fingerprint density at radius 2 is 2.20 bits per heavy atom. The highest BCUT2D eigenvalue weighted by atomic mass is 19.2. The molecule has 1 aliphatic heterocycles. The van der Waals surface area contributed by atoms with Crippen LogP contribution in [0.3, 0.4) is 0 Å². The molecule has 1 aliphatic rings. The second-order valence-electron chi connectivity index (χ2n) is 5.01. The van der Waals surface area contributed by atoms with Gasteiger partial charge in [0.05, 0.1) is 25.2 Å². The largest absolute Gasteiger partial charge is 0.373 e. The summed E-state index contributed by atoms with van der Waals surface area (Å²) in [5.41, 5.74) is 6.00. The third-order valence-corrected chi connectivity index (χ3v) is 3.43. The molecule has 2 atom stereocenters. The van der Waals surface area contributed by atoms with E-state index in [1.54, 1.807) is 4.90 Å². The van der Waals surface area contributed by atoms with Crippen LogP contribution in [0.15, 0.2) is 18.2 Å². The van der Waals surface area contributed by atoms with E-state index in [0.29, 0.717) is 25.3 Å². The van der Waals surface area contributed by atoms with Crippen LogP contribution >= 0.6 is 0 Å². The van der Waals surface area contributed by atoms with Crippen molar-refractivity contribution in [3.63, 3.8) is 0 Å². The fraction of sp³-hybridized carbons (Fsp3) is 0.500. The number of nitrogens with two attached hydrogens (primary N) is 1. The molecule has 2 N–H and O–H groups in total. The molecule has 0 saturated carbocycles. The van der Waals surface area contributed by atoms with Crippen molar-refractivity contribution in [2.75, 3.05) is 19.7 Å². The summed E-state index contributed by atoms with van der Waals surface area (Å²) in [6, 6.07) is 3.46. The number of carbonyl (C=O) groups excluding carboxylic acids is 1. The number of carbonyl (C=O) groups is 1. The molecule has 1 amide bonds. The number of halogens is 2. The Bertz CT molecular complexity index is 496. The number of benzene rings is 1. The zero-order valence-corrected chi connectivity index (χ0v) is 11.3. The minimum absolute atomic E-state index is 0.0405. The van der Waals surface area contributed by atoms with E-state index < -0.39 is 11.6 Å². The van der Waals surface area contributed by atoms with Crippen LogP contribution < -0.4 is 5.73 Å². The van der Waals surface area contributed by atoms with Gasteiger partial charge in [0.1, 0.15) is 0 Å². The molecule has 2 rings (SSSR count). The Hall–Kier alpha value is -1.53. The molecule has 6 heteroatoms. The van der Waals surface area contributed by atoms with E-state index in [4.69, 9.17) is 10.5 Å². The minimum atomic E-state index is -0.940. The summed E-state index contributed by atoms with van der Waals surface area (Å²) < 4.78 is 31.5. The molecule has 0 radical (unpaired) electrons. The van der Waals surface area contributed by atoms with Gasteiger partial charge in [-0.2, -0.15) is 0 Å². The van der Waals surface area contributed by atoms with E-state index >= 15 is 0 Å². The number of hydrogen-bond acceptors (Lipinski definition) is 3. The highest BCUT2D eigenvalue weighted by Gasteiger charge is 2.28. The van der Waals surface area contributed by atoms with Crippen LogP contribution in [0.25, 0.3) is 0 Å². The Morgan fingerprint density at radius 3 is 2.85 bits per heavy atom. The highest BCUT2D eigenvalue weighted by molar-refractivity contribution is 5.79. The third-order valence-electron chi connectivity index (χ3n) is 3.43. The van der Waals surface area contributed by atoms with Gasteiger partial charge in [0.2, 0.25) is 5.91 Å². The quantitative estimate of drug-likeness (QED) is 0.903. The van der Waals surface area contributed by atoms with Crippen LogP contribution in [-0.2, 0) is 16.0 Å². The number of morpholine rings is 1. The number of amides is 1. The molecule has 1 aromatic rings. The molecule has 1 fully saturated rings. The van der Waals surface area contributed by atoms with Gasteiger partial charge in [-0.15, -0.1) is 0 Å². The highest BCUT2D eigenvalue weighted by Crippen LogP contribution is 2.15. The minimum Gasteiger partial charge on any atom is -0.373 e. The molecule has 0 spiro atoms. The summed E-state index contributed by atoms with van der Waals surface area (Å²) in [5.74, 6) is -1.99. The average Bonchev–Trinajstić information content (AvgIpc) is 2.43. The summed E-state index contributed by atoms with van der Waals surface area (Å²) in [5, 5.41) is 0. The molecule has 20 heavy (non-hydrogen) atoms. The van der Waals surface area contributed by atoms with Crippen molar-refractivity contribution in [1.29, 1.82) is 0 Å². The Morgan fingerprint density at radius 1 is 1.45 bits per heavy atom. The first-order chi connectivity index (χ1) is 9.51. The average molecular weight is 284 g/mol. The Balaban J connectivity index is 2.04. The predicted octanol–water partition coefficient (Wildman–Crippen LogP) is 1.08. The molecule has 4 nitrogen and oxygen atoms in total. The smallest absolute Gasteiger partial charge is 0.227 e. The summed E-state index contributed by atoms with van der Waals surface area (Å²) in [6.07, 6.45) is -0.126. The van der Waals surface area contributed by atoms with E-state index in [9.17, 15) is 13.6 Å². The standard InChI is InChI=1S/C14H18F2N2O2/c1-9-8-20-11(6-17)7-18(9)14(19)5-10-2-3-12(15)13(16)4-10/h2-4,9,11H,5-8,17H2,1H3. The van der Waals surface area contributed by atoms with Gasteiger partial charge in [0.15, 0.2) is 11.6 Å². The molecule has 110 valence electrons. The zero-order valence-electron chi connectivity index (χ0n) is 11.3.